The van der Waals surface area contributed by atoms with Crippen molar-refractivity contribution in [2.45, 2.75) is 22.5 Å². The van der Waals surface area contributed by atoms with E-state index in [2.05, 4.69) is 36.8 Å². The average Bonchev–Trinajstić information content (AvgIpc) is 3.02. The van der Waals surface area contributed by atoms with Crippen LogP contribution >= 0.6 is 43.5 Å². The first-order chi connectivity index (χ1) is 15.7. The van der Waals surface area contributed by atoms with Crippen LogP contribution in [-0.2, 0) is 9.59 Å². The number of carboxylic acids is 1. The van der Waals surface area contributed by atoms with Gasteiger partial charge in [-0.1, -0.05) is 55.6 Å². The highest BCUT2D eigenvalue weighted by atomic mass is 79.9. The number of aromatic carboxylic acids is 1. The number of halogens is 3. The standard InChI is InChI=1S/C24H17Br2ClN2O4/c25-18-8-15-16(9-19(18)26)23(31)29(22(15)30)13-4-1-11(2-5-13)21-10-17(24(32)33)14-7-12(27)3-6-20(14)28-21/h1-7,10,15-16,18-19H,8-9H2,(H,32,33). The zero-order chi connectivity index (χ0) is 23.4. The topological polar surface area (TPSA) is 87.6 Å². The number of carbonyl (C=O) groups is 3. The molecule has 1 saturated carbocycles. The third-order valence-corrected chi connectivity index (χ3v) is 9.30. The predicted molar refractivity (Wildman–Crippen MR) is 133 cm³/mol. The molecular formula is C24H17Br2ClN2O4. The van der Waals surface area contributed by atoms with Gasteiger partial charge in [-0.2, -0.15) is 0 Å². The van der Waals surface area contributed by atoms with Crippen molar-refractivity contribution in [2.75, 3.05) is 4.90 Å². The minimum atomic E-state index is -1.08. The van der Waals surface area contributed by atoms with Gasteiger partial charge in [-0.05, 0) is 49.2 Å². The van der Waals surface area contributed by atoms with Crippen LogP contribution in [0.5, 0.6) is 0 Å². The lowest BCUT2D eigenvalue weighted by atomic mass is 9.81. The van der Waals surface area contributed by atoms with Crippen LogP contribution in [0, 0.1) is 11.8 Å². The maximum absolute atomic E-state index is 13.0. The first kappa shape index (κ1) is 22.5. The van der Waals surface area contributed by atoms with Gasteiger partial charge in [0.05, 0.1) is 34.3 Å². The number of hydrogen-bond acceptors (Lipinski definition) is 4. The molecule has 6 nitrogen and oxygen atoms in total. The molecule has 1 aliphatic heterocycles. The summed E-state index contributed by atoms with van der Waals surface area (Å²) in [7, 11) is 0. The van der Waals surface area contributed by atoms with Crippen molar-refractivity contribution in [1.82, 2.24) is 4.98 Å². The molecule has 0 bridgehead atoms. The number of benzene rings is 2. The van der Waals surface area contributed by atoms with E-state index in [1.807, 2.05) is 0 Å². The van der Waals surface area contributed by atoms with Gasteiger partial charge in [0.1, 0.15) is 0 Å². The van der Waals surface area contributed by atoms with E-state index in [0.717, 1.165) is 0 Å². The van der Waals surface area contributed by atoms with Crippen molar-refractivity contribution in [3.63, 3.8) is 0 Å². The van der Waals surface area contributed by atoms with Crippen molar-refractivity contribution in [3.8, 4) is 11.3 Å². The molecule has 2 aliphatic rings. The third kappa shape index (κ3) is 3.88. The second kappa shape index (κ2) is 8.49. The van der Waals surface area contributed by atoms with Gasteiger partial charge in [0.15, 0.2) is 0 Å². The van der Waals surface area contributed by atoms with Gasteiger partial charge in [-0.3, -0.25) is 14.5 Å². The highest BCUT2D eigenvalue weighted by Gasteiger charge is 2.52. The minimum Gasteiger partial charge on any atom is -0.478 e. The Bertz CT molecular complexity index is 1290. The van der Waals surface area contributed by atoms with E-state index in [4.69, 9.17) is 11.6 Å². The normalized spacial score (nSPS) is 24.9. The average molecular weight is 593 g/mol. The summed E-state index contributed by atoms with van der Waals surface area (Å²) in [6, 6.07) is 13.3. The molecule has 4 unspecified atom stereocenters. The molecule has 168 valence electrons. The van der Waals surface area contributed by atoms with Crippen molar-refractivity contribution < 1.29 is 19.5 Å². The first-order valence-corrected chi connectivity index (χ1v) is 12.6. The summed E-state index contributed by atoms with van der Waals surface area (Å²) in [5.74, 6) is -2.05. The van der Waals surface area contributed by atoms with Crippen LogP contribution in [0.2, 0.25) is 5.02 Å². The van der Waals surface area contributed by atoms with Gasteiger partial charge in [0.25, 0.3) is 0 Å². The number of amides is 2. The molecule has 0 radical (unpaired) electrons. The zero-order valence-corrected chi connectivity index (χ0v) is 21.0. The Hall–Kier alpha value is -2.29. The highest BCUT2D eigenvalue weighted by Crippen LogP contribution is 2.44. The van der Waals surface area contributed by atoms with Crippen molar-refractivity contribution in [2.24, 2.45) is 11.8 Å². The second-order valence-electron chi connectivity index (χ2n) is 8.30. The number of aromatic nitrogens is 1. The molecule has 1 aliphatic carbocycles. The molecule has 4 atom stereocenters. The van der Waals surface area contributed by atoms with E-state index >= 15 is 0 Å². The summed E-state index contributed by atoms with van der Waals surface area (Å²) in [6.07, 6.45) is 1.23. The zero-order valence-electron chi connectivity index (χ0n) is 17.0. The summed E-state index contributed by atoms with van der Waals surface area (Å²) < 4.78 is 0. The summed E-state index contributed by atoms with van der Waals surface area (Å²) in [5, 5.41) is 10.6. The molecule has 5 rings (SSSR count). The van der Waals surface area contributed by atoms with Gasteiger partial charge in [-0.25, -0.2) is 9.78 Å². The predicted octanol–water partition coefficient (Wildman–Crippen LogP) is 5.68. The van der Waals surface area contributed by atoms with Crippen molar-refractivity contribution in [1.29, 1.82) is 0 Å². The van der Waals surface area contributed by atoms with Gasteiger partial charge >= 0.3 is 5.97 Å². The Morgan fingerprint density at radius 3 is 2.15 bits per heavy atom. The van der Waals surface area contributed by atoms with Crippen molar-refractivity contribution >= 4 is 77.8 Å². The molecule has 1 aromatic heterocycles. The highest BCUT2D eigenvalue weighted by molar-refractivity contribution is 9.12. The Balaban J connectivity index is 1.49. The lowest BCUT2D eigenvalue weighted by Crippen LogP contribution is -2.34. The summed E-state index contributed by atoms with van der Waals surface area (Å²) >= 11 is 13.2. The fourth-order valence-electron chi connectivity index (χ4n) is 4.65. The molecule has 2 aromatic carbocycles. The SMILES string of the molecule is O=C(O)c1cc(-c2ccc(N3C(=O)C4CC(Br)C(Br)CC4C3=O)cc2)nc2ccc(Cl)cc12. The largest absolute Gasteiger partial charge is 0.478 e. The van der Waals surface area contributed by atoms with E-state index in [1.54, 1.807) is 42.5 Å². The molecule has 2 fully saturated rings. The number of nitrogens with zero attached hydrogens (tertiary/aromatic N) is 2. The maximum Gasteiger partial charge on any atom is 0.336 e. The quantitative estimate of drug-likeness (QED) is 0.313. The van der Waals surface area contributed by atoms with Crippen LogP contribution in [0.1, 0.15) is 23.2 Å². The van der Waals surface area contributed by atoms with Crippen molar-refractivity contribution in [3.05, 3.63) is 59.1 Å². The fraction of sp³-hybridized carbons (Fsp3) is 0.250. The number of alkyl halides is 2. The molecule has 2 amide bonds. The monoisotopic (exact) mass is 590 g/mol. The van der Waals surface area contributed by atoms with Gasteiger partial charge < -0.3 is 5.11 Å². The van der Waals surface area contributed by atoms with Crippen LogP contribution in [0.25, 0.3) is 22.2 Å². The number of imide groups is 1. The number of pyridine rings is 1. The number of rotatable bonds is 3. The van der Waals surface area contributed by atoms with Gasteiger partial charge in [0, 0.05) is 25.6 Å². The molecule has 0 spiro atoms. The smallest absolute Gasteiger partial charge is 0.336 e. The molecule has 33 heavy (non-hydrogen) atoms. The number of carbonyl (C=O) groups excluding carboxylic acids is 2. The second-order valence-corrected chi connectivity index (χ2v) is 11.1. The fourth-order valence-corrected chi connectivity index (χ4v) is 6.06. The first-order valence-electron chi connectivity index (χ1n) is 10.3. The number of anilines is 1. The lowest BCUT2D eigenvalue weighted by molar-refractivity contribution is -0.122. The van der Waals surface area contributed by atoms with E-state index in [9.17, 15) is 19.5 Å². The summed E-state index contributed by atoms with van der Waals surface area (Å²) in [5.41, 5.74) is 2.28. The maximum atomic E-state index is 13.0. The number of carboxylic acid groups (broad SMARTS) is 1. The summed E-state index contributed by atoms with van der Waals surface area (Å²) in [4.78, 5) is 44.0. The van der Waals surface area contributed by atoms with Crippen LogP contribution in [0.15, 0.2) is 48.5 Å². The van der Waals surface area contributed by atoms with Crippen LogP contribution in [0.3, 0.4) is 0 Å². The number of fused-ring (bicyclic) bond motifs is 2. The van der Waals surface area contributed by atoms with Crippen LogP contribution < -0.4 is 4.90 Å². The Kier molecular flexibility index (Phi) is 5.79. The van der Waals surface area contributed by atoms with E-state index in [0.29, 0.717) is 45.7 Å². The van der Waals surface area contributed by atoms with E-state index < -0.39 is 5.97 Å². The van der Waals surface area contributed by atoms with Crippen LogP contribution in [0.4, 0.5) is 5.69 Å². The minimum absolute atomic E-state index is 0.101. The van der Waals surface area contributed by atoms with Crippen LogP contribution in [-0.4, -0.2) is 37.5 Å². The molecule has 2 heterocycles. The number of hydrogen-bond donors (Lipinski definition) is 1. The van der Waals surface area contributed by atoms with Gasteiger partial charge in [-0.15, -0.1) is 0 Å². The molecule has 3 aromatic rings. The molecule has 1 N–H and O–H groups in total. The Morgan fingerprint density at radius 1 is 0.970 bits per heavy atom. The molecule has 1 saturated heterocycles. The van der Waals surface area contributed by atoms with E-state index in [1.165, 1.54) is 11.0 Å². The Morgan fingerprint density at radius 2 is 1.58 bits per heavy atom. The lowest BCUT2D eigenvalue weighted by Gasteiger charge is -2.29. The summed E-state index contributed by atoms with van der Waals surface area (Å²) in [6.45, 7) is 0. The van der Waals surface area contributed by atoms with E-state index in [-0.39, 0.29) is 38.9 Å². The molecule has 9 heteroatoms. The Labute approximate surface area is 211 Å². The van der Waals surface area contributed by atoms with Gasteiger partial charge in [0.2, 0.25) is 11.8 Å². The third-order valence-electron chi connectivity index (χ3n) is 6.33. The molecular weight excluding hydrogens is 576 g/mol.